The molecule has 4 rings (SSSR count). The van der Waals surface area contributed by atoms with Crippen LogP contribution >= 0.6 is 24.2 Å². The summed E-state index contributed by atoms with van der Waals surface area (Å²) in [6.07, 6.45) is 7.16. The third kappa shape index (κ3) is 7.58. The molecule has 0 spiro atoms. The van der Waals surface area contributed by atoms with Crippen molar-refractivity contribution < 1.29 is 14.3 Å². The number of thiol groups is 1. The molecule has 1 aliphatic carbocycles. The molecule has 0 aromatic heterocycles. The molecule has 3 aromatic carbocycles. The summed E-state index contributed by atoms with van der Waals surface area (Å²) >= 11 is 10.4. The minimum atomic E-state index is 0.0315. The van der Waals surface area contributed by atoms with Gasteiger partial charge in [0.05, 0.1) is 0 Å². The fourth-order valence-electron chi connectivity index (χ4n) is 4.59. The van der Waals surface area contributed by atoms with Crippen molar-refractivity contribution in [3.63, 3.8) is 0 Å². The summed E-state index contributed by atoms with van der Waals surface area (Å²) in [6.45, 7) is 0.584. The van der Waals surface area contributed by atoms with Crippen LogP contribution in [-0.2, 0) is 11.2 Å². The summed E-state index contributed by atoms with van der Waals surface area (Å²) in [5.41, 5.74) is 8.95. The first-order chi connectivity index (χ1) is 17.5. The second-order valence-corrected chi connectivity index (χ2v) is 10.1. The molecule has 1 amide bonds. The van der Waals surface area contributed by atoms with Crippen LogP contribution in [0.3, 0.4) is 0 Å². The van der Waals surface area contributed by atoms with E-state index >= 15 is 0 Å². The van der Waals surface area contributed by atoms with Crippen molar-refractivity contribution in [2.24, 2.45) is 0 Å². The Morgan fingerprint density at radius 2 is 1.67 bits per heavy atom. The normalized spacial score (nSPS) is 13.8. The number of aryl methyl sites for hydroxylation is 1. The molecule has 1 saturated carbocycles. The van der Waals surface area contributed by atoms with Crippen LogP contribution in [0.15, 0.2) is 60.7 Å². The first-order valence-corrected chi connectivity index (χ1v) is 13.5. The molecular formula is C29H33ClN2O3S. The highest BCUT2D eigenvalue weighted by Gasteiger charge is 2.20. The lowest BCUT2D eigenvalue weighted by Crippen LogP contribution is -2.25. The van der Waals surface area contributed by atoms with Crippen LogP contribution in [0.25, 0.3) is 0 Å². The van der Waals surface area contributed by atoms with Gasteiger partial charge in [-0.15, -0.1) is 0 Å². The van der Waals surface area contributed by atoms with Gasteiger partial charge >= 0.3 is 0 Å². The molecule has 0 radical (unpaired) electrons. The largest absolute Gasteiger partial charge is 0.457 e. The molecule has 0 aliphatic heterocycles. The van der Waals surface area contributed by atoms with Crippen LogP contribution in [0.1, 0.15) is 55.6 Å². The first kappa shape index (κ1) is 26.2. The fraction of sp³-hybridized carbons (Fsp3) is 0.345. The third-order valence-electron chi connectivity index (χ3n) is 6.38. The minimum Gasteiger partial charge on any atom is -0.457 e. The number of amides is 1. The average Bonchev–Trinajstić information content (AvgIpc) is 2.88. The number of nitrogens with one attached hydrogen (secondary N) is 1. The quantitative estimate of drug-likeness (QED) is 0.189. The second-order valence-electron chi connectivity index (χ2n) is 9.18. The zero-order valence-electron chi connectivity index (χ0n) is 20.3. The SMILES string of the molecule is Nc1cc(Oc2ccc(CCC(=O)NCCS)cc2)cc(Oc2ccc(Cl)cc2C2CCCCC2)c1. The highest BCUT2D eigenvalue weighted by atomic mass is 35.5. The average molecular weight is 525 g/mol. The van der Waals surface area contributed by atoms with Crippen molar-refractivity contribution in [3.05, 3.63) is 76.8 Å². The number of hydrogen-bond donors (Lipinski definition) is 3. The molecule has 0 heterocycles. The molecule has 0 atom stereocenters. The van der Waals surface area contributed by atoms with E-state index < -0.39 is 0 Å². The summed E-state index contributed by atoms with van der Waals surface area (Å²) in [5.74, 6) is 3.83. The van der Waals surface area contributed by atoms with Gasteiger partial charge in [-0.3, -0.25) is 4.79 Å². The summed E-state index contributed by atoms with van der Waals surface area (Å²) in [6, 6.07) is 19.0. The van der Waals surface area contributed by atoms with Crippen LogP contribution in [0.5, 0.6) is 23.0 Å². The maximum Gasteiger partial charge on any atom is 0.220 e. The lowest BCUT2D eigenvalue weighted by Gasteiger charge is -2.24. The Morgan fingerprint density at radius 1 is 0.944 bits per heavy atom. The molecule has 1 fully saturated rings. The van der Waals surface area contributed by atoms with E-state index in [1.54, 1.807) is 12.1 Å². The first-order valence-electron chi connectivity index (χ1n) is 12.5. The number of ether oxygens (including phenoxy) is 2. The van der Waals surface area contributed by atoms with Crippen LogP contribution in [0.2, 0.25) is 5.02 Å². The second kappa shape index (κ2) is 12.9. The number of rotatable bonds is 10. The zero-order valence-corrected chi connectivity index (χ0v) is 22.0. The number of benzene rings is 3. The van der Waals surface area contributed by atoms with E-state index in [9.17, 15) is 4.79 Å². The maximum absolute atomic E-state index is 11.8. The Balaban J connectivity index is 1.43. The van der Waals surface area contributed by atoms with Crippen LogP contribution < -0.4 is 20.5 Å². The van der Waals surface area contributed by atoms with Gasteiger partial charge in [-0.05, 0) is 66.6 Å². The van der Waals surface area contributed by atoms with Crippen molar-refractivity contribution in [1.29, 1.82) is 0 Å². The number of hydrogen-bond acceptors (Lipinski definition) is 5. The molecule has 0 unspecified atom stereocenters. The van der Waals surface area contributed by atoms with E-state index in [-0.39, 0.29) is 5.91 Å². The van der Waals surface area contributed by atoms with Gasteiger partial charge in [0.15, 0.2) is 0 Å². The molecule has 3 aromatic rings. The smallest absolute Gasteiger partial charge is 0.220 e. The van der Waals surface area contributed by atoms with Gasteiger partial charge in [0.1, 0.15) is 23.0 Å². The van der Waals surface area contributed by atoms with Gasteiger partial charge < -0.3 is 20.5 Å². The van der Waals surface area contributed by atoms with Crippen LogP contribution in [0, 0.1) is 0 Å². The highest BCUT2D eigenvalue weighted by Crippen LogP contribution is 2.41. The van der Waals surface area contributed by atoms with Gasteiger partial charge in [0, 0.05) is 47.6 Å². The van der Waals surface area contributed by atoms with Crippen molar-refractivity contribution in [1.82, 2.24) is 5.32 Å². The van der Waals surface area contributed by atoms with Crippen molar-refractivity contribution in [2.45, 2.75) is 50.9 Å². The standard InChI is InChI=1S/C29H33ClN2O3S/c30-22-9-12-28(27(16-22)21-4-2-1-3-5-21)35-26-18-23(31)17-25(19-26)34-24-10-6-20(7-11-24)8-13-29(33)32-14-15-36/h6-7,9-12,16-19,21,36H,1-5,8,13-15,31H2,(H,32,33). The Bertz CT molecular complexity index is 1160. The van der Waals surface area contributed by atoms with Gasteiger partial charge in [0.25, 0.3) is 0 Å². The summed E-state index contributed by atoms with van der Waals surface area (Å²) in [7, 11) is 0. The van der Waals surface area contributed by atoms with Crippen molar-refractivity contribution in [2.75, 3.05) is 18.0 Å². The van der Waals surface area contributed by atoms with E-state index in [1.165, 1.54) is 19.3 Å². The van der Waals surface area contributed by atoms with E-state index in [0.29, 0.717) is 54.0 Å². The van der Waals surface area contributed by atoms with Crippen molar-refractivity contribution >= 4 is 35.8 Å². The summed E-state index contributed by atoms with van der Waals surface area (Å²) < 4.78 is 12.4. The molecule has 7 heteroatoms. The van der Waals surface area contributed by atoms with Gasteiger partial charge in [-0.25, -0.2) is 0 Å². The molecule has 190 valence electrons. The number of nitrogen functional groups attached to an aromatic ring is 1. The minimum absolute atomic E-state index is 0.0315. The fourth-order valence-corrected chi connectivity index (χ4v) is 4.88. The van der Waals surface area contributed by atoms with Gasteiger partial charge in [0.2, 0.25) is 5.91 Å². The molecule has 0 saturated heterocycles. The van der Waals surface area contributed by atoms with Crippen LogP contribution in [-0.4, -0.2) is 18.2 Å². The lowest BCUT2D eigenvalue weighted by molar-refractivity contribution is -0.120. The van der Waals surface area contributed by atoms with Gasteiger partial charge in [-0.2, -0.15) is 12.6 Å². The van der Waals surface area contributed by atoms with E-state index in [0.717, 1.165) is 34.7 Å². The van der Waals surface area contributed by atoms with Gasteiger partial charge in [-0.1, -0.05) is 43.0 Å². The number of carbonyl (C=O) groups is 1. The predicted octanol–water partition coefficient (Wildman–Crippen LogP) is 7.53. The number of nitrogens with two attached hydrogens (primary N) is 1. The van der Waals surface area contributed by atoms with E-state index in [4.69, 9.17) is 26.8 Å². The third-order valence-corrected chi connectivity index (χ3v) is 6.84. The molecule has 0 bridgehead atoms. The Morgan fingerprint density at radius 3 is 2.39 bits per heavy atom. The Labute approximate surface area is 223 Å². The maximum atomic E-state index is 11.8. The number of carbonyl (C=O) groups excluding carboxylic acids is 1. The number of halogens is 1. The predicted molar refractivity (Wildman–Crippen MR) is 150 cm³/mol. The van der Waals surface area contributed by atoms with Crippen LogP contribution in [0.4, 0.5) is 5.69 Å². The summed E-state index contributed by atoms with van der Waals surface area (Å²) in [4.78, 5) is 11.8. The zero-order chi connectivity index (χ0) is 25.3. The Kier molecular flexibility index (Phi) is 9.42. The van der Waals surface area contributed by atoms with E-state index in [1.807, 2.05) is 48.5 Å². The molecule has 1 aliphatic rings. The molecule has 3 N–H and O–H groups in total. The molecule has 5 nitrogen and oxygen atoms in total. The monoisotopic (exact) mass is 524 g/mol. The lowest BCUT2D eigenvalue weighted by atomic mass is 9.84. The highest BCUT2D eigenvalue weighted by molar-refractivity contribution is 7.80. The Hall–Kier alpha value is -2.83. The van der Waals surface area contributed by atoms with E-state index in [2.05, 4.69) is 17.9 Å². The molecular weight excluding hydrogens is 492 g/mol. The number of anilines is 1. The summed E-state index contributed by atoms with van der Waals surface area (Å²) in [5, 5.41) is 3.55. The van der Waals surface area contributed by atoms with Crippen molar-refractivity contribution in [3.8, 4) is 23.0 Å². The molecule has 36 heavy (non-hydrogen) atoms. The topological polar surface area (TPSA) is 73.6 Å².